The Labute approximate surface area is 90.8 Å². The third-order valence-corrected chi connectivity index (χ3v) is 3.95. The first-order valence-corrected chi connectivity index (χ1v) is 5.71. The third kappa shape index (κ3) is 1.08. The predicted molar refractivity (Wildman–Crippen MR) is 58.3 cm³/mol. The molecule has 2 aliphatic rings. The van der Waals surface area contributed by atoms with Crippen LogP contribution >= 0.6 is 15.9 Å². The molecule has 2 nitrogen and oxygen atoms in total. The minimum absolute atomic E-state index is 0.0671. The van der Waals surface area contributed by atoms with Crippen LogP contribution in [0.2, 0.25) is 0 Å². The fourth-order valence-corrected chi connectivity index (χ4v) is 3.11. The van der Waals surface area contributed by atoms with Crippen LogP contribution in [0.4, 0.5) is 0 Å². The second kappa shape index (κ2) is 2.89. The van der Waals surface area contributed by atoms with Crippen LogP contribution in [0.25, 0.3) is 0 Å². The van der Waals surface area contributed by atoms with Gasteiger partial charge in [0.1, 0.15) is 6.04 Å². The highest BCUT2D eigenvalue weighted by atomic mass is 79.9. The van der Waals surface area contributed by atoms with E-state index in [4.69, 9.17) is 0 Å². The number of aryl methyl sites for hydroxylation is 1. The zero-order valence-corrected chi connectivity index (χ0v) is 9.20. The van der Waals surface area contributed by atoms with Crippen molar-refractivity contribution < 1.29 is 0 Å². The summed E-state index contributed by atoms with van der Waals surface area (Å²) in [5.74, 6) is 0.977. The SMILES string of the molecule is O=NC1C2CCc3cc(Br)ccc3C21. The summed E-state index contributed by atoms with van der Waals surface area (Å²) in [6.07, 6.45) is 2.23. The second-order valence-electron chi connectivity index (χ2n) is 4.17. The van der Waals surface area contributed by atoms with E-state index in [-0.39, 0.29) is 6.04 Å². The average Bonchev–Trinajstić information content (AvgIpc) is 2.90. The summed E-state index contributed by atoms with van der Waals surface area (Å²) in [5.41, 5.74) is 2.75. The molecule has 1 saturated carbocycles. The van der Waals surface area contributed by atoms with Gasteiger partial charge in [0.2, 0.25) is 0 Å². The molecule has 0 bridgehead atoms. The lowest BCUT2D eigenvalue weighted by molar-refractivity contribution is 0.657. The Morgan fingerprint density at radius 3 is 3.07 bits per heavy atom. The van der Waals surface area contributed by atoms with Gasteiger partial charge >= 0.3 is 0 Å². The number of nitrogens with zero attached hydrogens (tertiary/aromatic N) is 1. The van der Waals surface area contributed by atoms with Gasteiger partial charge in [0, 0.05) is 10.4 Å². The number of benzene rings is 1. The lowest BCUT2D eigenvalue weighted by Gasteiger charge is -2.13. The Kier molecular flexibility index (Phi) is 1.78. The van der Waals surface area contributed by atoms with E-state index in [9.17, 15) is 4.91 Å². The van der Waals surface area contributed by atoms with Crippen molar-refractivity contribution in [2.24, 2.45) is 11.1 Å². The van der Waals surface area contributed by atoms with E-state index in [0.717, 1.165) is 17.3 Å². The first kappa shape index (κ1) is 8.60. The summed E-state index contributed by atoms with van der Waals surface area (Å²) >= 11 is 3.47. The van der Waals surface area contributed by atoms with Crippen molar-refractivity contribution >= 4 is 15.9 Å². The van der Waals surface area contributed by atoms with E-state index < -0.39 is 0 Å². The Hall–Kier alpha value is -0.700. The van der Waals surface area contributed by atoms with Crippen LogP contribution in [0, 0.1) is 10.8 Å². The molecule has 3 heteroatoms. The molecule has 2 aliphatic carbocycles. The van der Waals surface area contributed by atoms with Gasteiger partial charge in [-0.2, -0.15) is 4.91 Å². The fraction of sp³-hybridized carbons (Fsp3) is 0.455. The summed E-state index contributed by atoms with van der Waals surface area (Å²) in [6, 6.07) is 6.44. The molecule has 0 heterocycles. The highest BCUT2D eigenvalue weighted by molar-refractivity contribution is 9.10. The molecule has 0 amide bonds. The van der Waals surface area contributed by atoms with Crippen molar-refractivity contribution in [3.8, 4) is 0 Å². The van der Waals surface area contributed by atoms with Crippen LogP contribution in [0.3, 0.4) is 0 Å². The van der Waals surface area contributed by atoms with Gasteiger partial charge in [-0.1, -0.05) is 27.2 Å². The zero-order valence-electron chi connectivity index (χ0n) is 7.61. The number of hydrogen-bond donors (Lipinski definition) is 0. The Morgan fingerprint density at radius 2 is 2.29 bits per heavy atom. The molecule has 0 spiro atoms. The molecule has 1 fully saturated rings. The van der Waals surface area contributed by atoms with Crippen LogP contribution in [-0.4, -0.2) is 6.04 Å². The van der Waals surface area contributed by atoms with Crippen molar-refractivity contribution in [3.63, 3.8) is 0 Å². The van der Waals surface area contributed by atoms with Crippen LogP contribution in [-0.2, 0) is 6.42 Å². The first-order valence-electron chi connectivity index (χ1n) is 4.92. The Bertz CT molecular complexity index is 404. The summed E-state index contributed by atoms with van der Waals surface area (Å²) in [4.78, 5) is 10.6. The van der Waals surface area contributed by atoms with E-state index >= 15 is 0 Å². The Balaban J connectivity index is 2.04. The minimum atomic E-state index is 0.0671. The molecule has 3 unspecified atom stereocenters. The molecule has 0 aliphatic heterocycles. The van der Waals surface area contributed by atoms with Gasteiger partial charge in [-0.15, -0.1) is 0 Å². The molecular weight excluding hydrogens is 242 g/mol. The highest BCUT2D eigenvalue weighted by Gasteiger charge is 2.54. The molecule has 0 radical (unpaired) electrons. The molecule has 3 atom stereocenters. The minimum Gasteiger partial charge on any atom is -0.150 e. The van der Waals surface area contributed by atoms with Crippen molar-refractivity contribution in [2.75, 3.05) is 0 Å². The number of hydrogen-bond acceptors (Lipinski definition) is 2. The van der Waals surface area contributed by atoms with Crippen LogP contribution < -0.4 is 0 Å². The lowest BCUT2D eigenvalue weighted by atomic mass is 9.92. The molecule has 3 rings (SSSR count). The monoisotopic (exact) mass is 251 g/mol. The van der Waals surface area contributed by atoms with Gasteiger partial charge < -0.3 is 0 Å². The molecule has 72 valence electrons. The van der Waals surface area contributed by atoms with Gasteiger partial charge in [-0.05, 0) is 42.0 Å². The summed E-state index contributed by atoms with van der Waals surface area (Å²) in [6.45, 7) is 0. The third-order valence-electron chi connectivity index (χ3n) is 3.46. The van der Waals surface area contributed by atoms with E-state index in [1.54, 1.807) is 0 Å². The van der Waals surface area contributed by atoms with Crippen LogP contribution in [0.1, 0.15) is 23.5 Å². The van der Waals surface area contributed by atoms with Crippen LogP contribution in [0.5, 0.6) is 0 Å². The molecular formula is C11H10BrNO. The van der Waals surface area contributed by atoms with Gasteiger partial charge in [0.05, 0.1) is 0 Å². The number of rotatable bonds is 1. The molecule has 1 aromatic carbocycles. The summed E-state index contributed by atoms with van der Waals surface area (Å²) < 4.78 is 1.13. The van der Waals surface area contributed by atoms with E-state index in [2.05, 4.69) is 39.3 Å². The largest absolute Gasteiger partial charge is 0.150 e. The van der Waals surface area contributed by atoms with Crippen LogP contribution in [0.15, 0.2) is 27.8 Å². The number of halogens is 1. The maximum Gasteiger partial charge on any atom is 0.103 e. The maximum atomic E-state index is 10.6. The summed E-state index contributed by atoms with van der Waals surface area (Å²) in [5, 5.41) is 3.20. The topological polar surface area (TPSA) is 29.4 Å². The average molecular weight is 252 g/mol. The Morgan fingerprint density at radius 1 is 1.43 bits per heavy atom. The van der Waals surface area contributed by atoms with Gasteiger partial charge in [0.25, 0.3) is 0 Å². The van der Waals surface area contributed by atoms with E-state index in [0.29, 0.717) is 11.8 Å². The smallest absolute Gasteiger partial charge is 0.103 e. The fourth-order valence-electron chi connectivity index (χ4n) is 2.70. The number of nitroso groups, excluding NO2 is 1. The zero-order chi connectivity index (χ0) is 9.71. The quantitative estimate of drug-likeness (QED) is 0.705. The number of fused-ring (bicyclic) bond motifs is 3. The maximum absolute atomic E-state index is 10.6. The van der Waals surface area contributed by atoms with Crippen molar-refractivity contribution in [3.05, 3.63) is 38.7 Å². The van der Waals surface area contributed by atoms with Gasteiger partial charge in [-0.25, -0.2) is 0 Å². The highest BCUT2D eigenvalue weighted by Crippen LogP contribution is 2.56. The molecule has 1 aromatic rings. The van der Waals surface area contributed by atoms with Crippen molar-refractivity contribution in [2.45, 2.75) is 24.8 Å². The normalized spacial score (nSPS) is 33.1. The van der Waals surface area contributed by atoms with Crippen molar-refractivity contribution in [1.29, 1.82) is 0 Å². The summed E-state index contributed by atoms with van der Waals surface area (Å²) in [7, 11) is 0. The van der Waals surface area contributed by atoms with E-state index in [1.807, 2.05) is 0 Å². The molecule has 14 heavy (non-hydrogen) atoms. The standard InChI is InChI=1S/C11H10BrNO/c12-7-2-4-8-6(5-7)1-3-9-10(8)11(9)13-14/h2,4-5,9-11H,1,3H2. The van der Waals surface area contributed by atoms with Gasteiger partial charge in [-0.3, -0.25) is 0 Å². The first-order chi connectivity index (χ1) is 6.81. The second-order valence-corrected chi connectivity index (χ2v) is 5.08. The van der Waals surface area contributed by atoms with Crippen molar-refractivity contribution in [1.82, 2.24) is 0 Å². The lowest BCUT2D eigenvalue weighted by Crippen LogP contribution is -2.00. The van der Waals surface area contributed by atoms with E-state index in [1.165, 1.54) is 11.1 Å². The predicted octanol–water partition coefficient (Wildman–Crippen LogP) is 3.24. The molecule has 0 N–H and O–H groups in total. The molecule has 0 aromatic heterocycles. The van der Waals surface area contributed by atoms with Gasteiger partial charge in [0.15, 0.2) is 0 Å². The molecule has 0 saturated heterocycles.